The molecule has 2 saturated heterocycles. The predicted octanol–water partition coefficient (Wildman–Crippen LogP) is 3.01. The van der Waals surface area contributed by atoms with Gasteiger partial charge in [-0.05, 0) is 68.1 Å². The normalized spacial score (nSPS) is 21.5. The maximum atomic E-state index is 12.4. The Morgan fingerprint density at radius 3 is 2.56 bits per heavy atom. The number of nitrogens with one attached hydrogen (secondary N) is 1. The van der Waals surface area contributed by atoms with E-state index in [4.69, 9.17) is 4.74 Å². The average Bonchev–Trinajstić information content (AvgIpc) is 3.10. The number of aromatic hydroxyl groups is 1. The molecular weight excluding hydrogens is 316 g/mol. The largest absolute Gasteiger partial charge is 0.507 e. The quantitative estimate of drug-likeness (QED) is 0.881. The van der Waals surface area contributed by atoms with Gasteiger partial charge < -0.3 is 20.1 Å². The van der Waals surface area contributed by atoms with Crippen molar-refractivity contribution < 1.29 is 14.6 Å². The van der Waals surface area contributed by atoms with E-state index in [9.17, 15) is 9.90 Å². The van der Waals surface area contributed by atoms with Crippen molar-refractivity contribution in [3.8, 4) is 5.75 Å². The van der Waals surface area contributed by atoms with E-state index in [2.05, 4.69) is 5.32 Å². The Bertz CT molecular complexity index is 588. The minimum absolute atomic E-state index is 0.0572. The number of phenolic OH excluding ortho intramolecular Hbond substituents is 1. The molecule has 0 radical (unpaired) electrons. The van der Waals surface area contributed by atoms with Gasteiger partial charge in [-0.25, -0.2) is 4.79 Å². The van der Waals surface area contributed by atoms with Gasteiger partial charge in [-0.3, -0.25) is 0 Å². The molecule has 0 bridgehead atoms. The zero-order chi connectivity index (χ0) is 17.8. The highest BCUT2D eigenvalue weighted by Gasteiger charge is 2.32. The fourth-order valence-corrected chi connectivity index (χ4v) is 4.16. The number of phenols is 1. The van der Waals surface area contributed by atoms with Crippen LogP contribution in [0.2, 0.25) is 0 Å². The summed E-state index contributed by atoms with van der Waals surface area (Å²) in [7, 11) is 0. The van der Waals surface area contributed by atoms with E-state index >= 15 is 0 Å². The van der Waals surface area contributed by atoms with E-state index in [1.807, 2.05) is 30.9 Å². The second kappa shape index (κ2) is 8.09. The number of amides is 2. The van der Waals surface area contributed by atoms with Crippen molar-refractivity contribution in [3.63, 3.8) is 0 Å². The van der Waals surface area contributed by atoms with Gasteiger partial charge in [0.2, 0.25) is 0 Å². The highest BCUT2D eigenvalue weighted by molar-refractivity contribution is 5.74. The lowest BCUT2D eigenvalue weighted by molar-refractivity contribution is 0.0484. The number of urea groups is 1. The van der Waals surface area contributed by atoms with Crippen LogP contribution in [-0.2, 0) is 11.2 Å². The third-order valence-corrected chi connectivity index (χ3v) is 5.69. The number of likely N-dealkylation sites (tertiary alicyclic amines) is 1. The second-order valence-corrected chi connectivity index (χ2v) is 7.50. The first-order valence-electron chi connectivity index (χ1n) is 9.44. The van der Waals surface area contributed by atoms with Gasteiger partial charge in [0.25, 0.3) is 0 Å². The molecule has 1 aromatic carbocycles. The lowest BCUT2D eigenvalue weighted by Gasteiger charge is -2.27. The minimum Gasteiger partial charge on any atom is -0.507 e. The Hall–Kier alpha value is -1.75. The van der Waals surface area contributed by atoms with Gasteiger partial charge in [-0.1, -0.05) is 12.1 Å². The fraction of sp³-hybridized carbons (Fsp3) is 0.650. The molecule has 0 aliphatic carbocycles. The summed E-state index contributed by atoms with van der Waals surface area (Å²) in [5.74, 6) is 1.72. The van der Waals surface area contributed by atoms with Crippen LogP contribution >= 0.6 is 0 Å². The van der Waals surface area contributed by atoms with Gasteiger partial charge in [0.15, 0.2) is 0 Å². The maximum Gasteiger partial charge on any atom is 0.317 e. The summed E-state index contributed by atoms with van der Waals surface area (Å²) in [5.41, 5.74) is 2.93. The van der Waals surface area contributed by atoms with Gasteiger partial charge in [-0.2, -0.15) is 0 Å². The van der Waals surface area contributed by atoms with Gasteiger partial charge in [-0.15, -0.1) is 0 Å². The number of hydrogen-bond acceptors (Lipinski definition) is 3. The molecule has 25 heavy (non-hydrogen) atoms. The van der Waals surface area contributed by atoms with Crippen LogP contribution in [0.15, 0.2) is 12.1 Å². The molecule has 2 N–H and O–H groups in total. The zero-order valence-corrected chi connectivity index (χ0v) is 15.4. The Morgan fingerprint density at radius 2 is 1.88 bits per heavy atom. The van der Waals surface area contributed by atoms with Crippen LogP contribution in [0, 0.1) is 25.7 Å². The first-order valence-corrected chi connectivity index (χ1v) is 9.44. The summed E-state index contributed by atoms with van der Waals surface area (Å²) >= 11 is 0. The smallest absolute Gasteiger partial charge is 0.317 e. The third kappa shape index (κ3) is 4.46. The summed E-state index contributed by atoms with van der Waals surface area (Å²) in [5, 5.41) is 12.9. The Morgan fingerprint density at radius 1 is 1.20 bits per heavy atom. The molecule has 0 aromatic heterocycles. The second-order valence-electron chi connectivity index (χ2n) is 7.50. The van der Waals surface area contributed by atoms with Crippen molar-refractivity contribution >= 4 is 6.03 Å². The van der Waals surface area contributed by atoms with Crippen LogP contribution in [0.5, 0.6) is 5.75 Å². The Balaban J connectivity index is 1.44. The van der Waals surface area contributed by atoms with Crippen LogP contribution in [-0.4, -0.2) is 48.9 Å². The van der Waals surface area contributed by atoms with Crippen molar-refractivity contribution in [1.82, 2.24) is 10.2 Å². The molecule has 2 amide bonds. The predicted molar refractivity (Wildman–Crippen MR) is 97.9 cm³/mol. The van der Waals surface area contributed by atoms with E-state index in [-0.39, 0.29) is 6.03 Å². The van der Waals surface area contributed by atoms with Gasteiger partial charge in [0.05, 0.1) is 0 Å². The lowest BCUT2D eigenvalue weighted by Crippen LogP contribution is -2.40. The highest BCUT2D eigenvalue weighted by atomic mass is 16.5. The standard InChI is InChI=1S/C20H30N2O3/c1-14-11-16(12-15(2)19(14)23)3-7-21-20(24)22-8-4-18(13-22)17-5-9-25-10-6-17/h11-12,17-18,23H,3-10,13H2,1-2H3,(H,21,24)/t18-/m1/s1. The molecular formula is C20H30N2O3. The lowest BCUT2D eigenvalue weighted by atomic mass is 9.85. The molecule has 2 fully saturated rings. The van der Waals surface area contributed by atoms with Crippen LogP contribution in [0.25, 0.3) is 0 Å². The zero-order valence-electron chi connectivity index (χ0n) is 15.4. The number of carbonyl (C=O) groups is 1. The number of nitrogens with zero attached hydrogens (tertiary/aromatic N) is 1. The van der Waals surface area contributed by atoms with E-state index in [1.165, 1.54) is 0 Å². The van der Waals surface area contributed by atoms with Crippen LogP contribution < -0.4 is 5.32 Å². The molecule has 5 heteroatoms. The van der Waals surface area contributed by atoms with Gasteiger partial charge >= 0.3 is 6.03 Å². The molecule has 0 unspecified atom stereocenters. The number of hydrogen-bond donors (Lipinski definition) is 2. The van der Waals surface area contributed by atoms with E-state index < -0.39 is 0 Å². The first kappa shape index (κ1) is 18.1. The number of benzene rings is 1. The average molecular weight is 346 g/mol. The molecule has 1 aromatic rings. The van der Waals surface area contributed by atoms with Gasteiger partial charge in [0.1, 0.15) is 5.75 Å². The fourth-order valence-electron chi connectivity index (χ4n) is 4.16. The van der Waals surface area contributed by atoms with E-state index in [0.29, 0.717) is 18.2 Å². The summed E-state index contributed by atoms with van der Waals surface area (Å²) in [6.07, 6.45) is 4.18. The number of rotatable bonds is 4. The molecule has 0 spiro atoms. The monoisotopic (exact) mass is 346 g/mol. The topological polar surface area (TPSA) is 61.8 Å². The summed E-state index contributed by atoms with van der Waals surface area (Å²) in [6.45, 7) is 7.94. The van der Waals surface area contributed by atoms with Crippen LogP contribution in [0.4, 0.5) is 4.79 Å². The molecule has 2 aliphatic rings. The van der Waals surface area contributed by atoms with Crippen molar-refractivity contribution in [1.29, 1.82) is 0 Å². The van der Waals surface area contributed by atoms with Crippen LogP contribution in [0.1, 0.15) is 36.0 Å². The minimum atomic E-state index is 0.0572. The first-order chi connectivity index (χ1) is 12.0. The summed E-state index contributed by atoms with van der Waals surface area (Å²) in [4.78, 5) is 14.4. The van der Waals surface area contributed by atoms with Crippen molar-refractivity contribution in [2.24, 2.45) is 11.8 Å². The SMILES string of the molecule is Cc1cc(CCNC(=O)N2CC[C@@H](C3CCOCC3)C2)cc(C)c1O. The number of ether oxygens (including phenoxy) is 1. The van der Waals surface area contributed by atoms with E-state index in [0.717, 1.165) is 74.6 Å². The van der Waals surface area contributed by atoms with Crippen molar-refractivity contribution in [3.05, 3.63) is 28.8 Å². The van der Waals surface area contributed by atoms with E-state index in [1.54, 1.807) is 0 Å². The molecule has 2 aliphatic heterocycles. The summed E-state index contributed by atoms with van der Waals surface area (Å²) in [6, 6.07) is 4.04. The molecule has 0 saturated carbocycles. The summed E-state index contributed by atoms with van der Waals surface area (Å²) < 4.78 is 5.44. The molecule has 138 valence electrons. The third-order valence-electron chi connectivity index (χ3n) is 5.69. The van der Waals surface area contributed by atoms with Gasteiger partial charge in [0, 0.05) is 32.8 Å². The number of aryl methyl sites for hydroxylation is 2. The van der Waals surface area contributed by atoms with Crippen LogP contribution in [0.3, 0.4) is 0 Å². The highest BCUT2D eigenvalue weighted by Crippen LogP contribution is 2.31. The maximum absolute atomic E-state index is 12.4. The Kier molecular flexibility index (Phi) is 5.84. The number of carbonyl (C=O) groups excluding carboxylic acids is 1. The molecule has 1 atom stereocenters. The Labute approximate surface area is 150 Å². The molecule has 2 heterocycles. The molecule has 5 nitrogen and oxygen atoms in total. The van der Waals surface area contributed by atoms with Crippen molar-refractivity contribution in [2.45, 2.75) is 39.5 Å². The van der Waals surface area contributed by atoms with Crippen molar-refractivity contribution in [2.75, 3.05) is 32.8 Å². The molecule has 3 rings (SSSR count).